The summed E-state index contributed by atoms with van der Waals surface area (Å²) < 4.78 is 79.4. The molecule has 3 rings (SSSR count). The van der Waals surface area contributed by atoms with Crippen molar-refractivity contribution in [2.24, 2.45) is 5.16 Å². The second kappa shape index (κ2) is 10.4. The second-order valence-electron chi connectivity index (χ2n) is 8.35. The second-order valence-corrected chi connectivity index (χ2v) is 9.22. The molecule has 0 radical (unpaired) electrons. The van der Waals surface area contributed by atoms with Gasteiger partial charge in [-0.3, -0.25) is 9.59 Å². The van der Waals surface area contributed by atoms with Crippen molar-refractivity contribution in [3.63, 3.8) is 0 Å². The highest BCUT2D eigenvalue weighted by Crippen LogP contribution is 2.49. The number of hydrogen-bond donors (Lipinski definition) is 2. The fraction of sp³-hybridized carbons (Fsp3) is 0.348. The SMILES string of the molecule is Cc1cc(C2=NOC(c3cc(Cl)cc(Cl)c3)(C(F)(F)F)C2)ccc1C(=O)N[C@H](C)C(=O)NCC(F)(F)F. The zero-order valence-corrected chi connectivity index (χ0v) is 20.7. The lowest BCUT2D eigenvalue weighted by Crippen LogP contribution is -2.47. The number of hydrogen-bond acceptors (Lipinski definition) is 4. The third-order valence-electron chi connectivity index (χ3n) is 5.52. The molecular formula is C23H19Cl2F6N3O3. The van der Waals surface area contributed by atoms with Crippen LogP contribution in [0.25, 0.3) is 0 Å². The Hall–Kier alpha value is -2.99. The van der Waals surface area contributed by atoms with E-state index in [0.717, 1.165) is 12.1 Å². The van der Waals surface area contributed by atoms with Gasteiger partial charge in [-0.2, -0.15) is 26.3 Å². The summed E-state index contributed by atoms with van der Waals surface area (Å²) in [5.41, 5.74) is -2.60. The molecule has 0 saturated carbocycles. The topological polar surface area (TPSA) is 79.8 Å². The van der Waals surface area contributed by atoms with Crippen LogP contribution in [0.1, 0.15) is 40.4 Å². The van der Waals surface area contributed by atoms with Gasteiger partial charge >= 0.3 is 12.4 Å². The van der Waals surface area contributed by atoms with Gasteiger partial charge in [-0.1, -0.05) is 34.4 Å². The summed E-state index contributed by atoms with van der Waals surface area (Å²) in [4.78, 5) is 29.3. The van der Waals surface area contributed by atoms with E-state index < -0.39 is 48.8 Å². The van der Waals surface area contributed by atoms with Crippen LogP contribution in [-0.2, 0) is 15.2 Å². The molecule has 2 amide bonds. The van der Waals surface area contributed by atoms with Crippen LogP contribution in [0.5, 0.6) is 0 Å². The Bertz CT molecular complexity index is 1230. The van der Waals surface area contributed by atoms with Crippen LogP contribution in [-0.4, -0.2) is 42.5 Å². The van der Waals surface area contributed by atoms with Crippen molar-refractivity contribution in [3.05, 3.63) is 68.7 Å². The van der Waals surface area contributed by atoms with Gasteiger partial charge in [0.05, 0.1) is 5.71 Å². The van der Waals surface area contributed by atoms with E-state index in [1.165, 1.54) is 38.1 Å². The molecule has 1 unspecified atom stereocenters. The van der Waals surface area contributed by atoms with E-state index in [0.29, 0.717) is 5.56 Å². The predicted molar refractivity (Wildman–Crippen MR) is 124 cm³/mol. The molecule has 2 aromatic carbocycles. The zero-order chi connectivity index (χ0) is 27.8. The Morgan fingerprint density at radius 3 is 2.24 bits per heavy atom. The summed E-state index contributed by atoms with van der Waals surface area (Å²) in [6, 6.07) is 6.22. The van der Waals surface area contributed by atoms with Gasteiger partial charge in [0, 0.05) is 27.6 Å². The summed E-state index contributed by atoms with van der Waals surface area (Å²) in [7, 11) is 0. The van der Waals surface area contributed by atoms with Gasteiger partial charge in [0.1, 0.15) is 12.6 Å². The number of nitrogens with zero attached hydrogens (tertiary/aromatic N) is 1. The third-order valence-corrected chi connectivity index (χ3v) is 5.96. The molecule has 14 heteroatoms. The molecule has 0 aromatic heterocycles. The highest BCUT2D eigenvalue weighted by molar-refractivity contribution is 6.34. The summed E-state index contributed by atoms with van der Waals surface area (Å²) in [5.74, 6) is -1.80. The van der Waals surface area contributed by atoms with E-state index >= 15 is 0 Å². The Labute approximate surface area is 216 Å². The van der Waals surface area contributed by atoms with Crippen molar-refractivity contribution in [1.82, 2.24) is 10.6 Å². The minimum atomic E-state index is -4.88. The molecule has 37 heavy (non-hydrogen) atoms. The molecule has 0 aliphatic carbocycles. The maximum atomic E-state index is 14.2. The fourth-order valence-electron chi connectivity index (χ4n) is 3.62. The molecule has 2 N–H and O–H groups in total. The number of halogens is 8. The Balaban J connectivity index is 1.78. The highest BCUT2D eigenvalue weighted by Gasteiger charge is 2.62. The number of nitrogens with one attached hydrogen (secondary N) is 2. The lowest BCUT2D eigenvalue weighted by molar-refractivity contribution is -0.275. The highest BCUT2D eigenvalue weighted by atomic mass is 35.5. The summed E-state index contributed by atoms with van der Waals surface area (Å²) in [5, 5.41) is 7.56. The minimum absolute atomic E-state index is 0.0179. The first-order valence-electron chi connectivity index (χ1n) is 10.6. The molecule has 2 aromatic rings. The lowest BCUT2D eigenvalue weighted by atomic mass is 9.86. The molecule has 0 saturated heterocycles. The van der Waals surface area contributed by atoms with Crippen molar-refractivity contribution >= 4 is 40.7 Å². The molecular weight excluding hydrogens is 551 g/mol. The van der Waals surface area contributed by atoms with Gasteiger partial charge in [-0.15, -0.1) is 0 Å². The first-order chi connectivity index (χ1) is 17.0. The number of alkyl halides is 6. The normalized spacial score (nSPS) is 18.6. The van der Waals surface area contributed by atoms with Crippen molar-refractivity contribution in [1.29, 1.82) is 0 Å². The van der Waals surface area contributed by atoms with E-state index in [1.54, 1.807) is 5.32 Å². The smallest absolute Gasteiger partial charge is 0.374 e. The summed E-state index contributed by atoms with van der Waals surface area (Å²) in [6.45, 7) is 1.15. The molecule has 0 fully saturated rings. The minimum Gasteiger partial charge on any atom is -0.374 e. The van der Waals surface area contributed by atoms with Crippen LogP contribution in [0.15, 0.2) is 41.6 Å². The van der Waals surface area contributed by atoms with Crippen molar-refractivity contribution in [2.45, 2.75) is 44.3 Å². The lowest BCUT2D eigenvalue weighted by Gasteiger charge is -2.29. The van der Waals surface area contributed by atoms with Gasteiger partial charge in [0.15, 0.2) is 0 Å². The molecule has 200 valence electrons. The molecule has 1 aliphatic heterocycles. The van der Waals surface area contributed by atoms with Crippen molar-refractivity contribution in [2.75, 3.05) is 6.54 Å². The predicted octanol–water partition coefficient (Wildman–Crippen LogP) is 5.68. The fourth-order valence-corrected chi connectivity index (χ4v) is 4.15. The molecule has 2 atom stereocenters. The van der Waals surface area contributed by atoms with Crippen LogP contribution in [0.4, 0.5) is 26.3 Å². The number of carbonyl (C=O) groups is 2. The van der Waals surface area contributed by atoms with E-state index in [2.05, 4.69) is 10.5 Å². The molecule has 6 nitrogen and oxygen atoms in total. The van der Waals surface area contributed by atoms with E-state index in [4.69, 9.17) is 28.0 Å². The first-order valence-corrected chi connectivity index (χ1v) is 11.3. The molecule has 1 heterocycles. The van der Waals surface area contributed by atoms with Crippen molar-refractivity contribution in [3.8, 4) is 0 Å². The Morgan fingerprint density at radius 2 is 1.70 bits per heavy atom. The van der Waals surface area contributed by atoms with Crippen LogP contribution >= 0.6 is 23.2 Å². The van der Waals surface area contributed by atoms with Crippen LogP contribution in [0, 0.1) is 6.92 Å². The monoisotopic (exact) mass is 569 g/mol. The van der Waals surface area contributed by atoms with Gasteiger partial charge in [-0.25, -0.2) is 0 Å². The van der Waals surface area contributed by atoms with E-state index in [1.807, 2.05) is 0 Å². The summed E-state index contributed by atoms with van der Waals surface area (Å²) >= 11 is 11.8. The van der Waals surface area contributed by atoms with Gasteiger partial charge in [0.2, 0.25) is 5.91 Å². The number of benzene rings is 2. The van der Waals surface area contributed by atoms with Crippen molar-refractivity contribution < 1.29 is 40.8 Å². The zero-order valence-electron chi connectivity index (χ0n) is 19.2. The number of rotatable bonds is 6. The Kier molecular flexibility index (Phi) is 8.04. The van der Waals surface area contributed by atoms with Crippen LogP contribution < -0.4 is 10.6 Å². The number of carbonyl (C=O) groups excluding carboxylic acids is 2. The van der Waals surface area contributed by atoms with E-state index in [9.17, 15) is 35.9 Å². The van der Waals surface area contributed by atoms with Gasteiger partial charge in [-0.05, 0) is 55.3 Å². The van der Waals surface area contributed by atoms with E-state index in [-0.39, 0.29) is 32.4 Å². The molecule has 1 aliphatic rings. The van der Waals surface area contributed by atoms with Gasteiger partial charge < -0.3 is 15.5 Å². The average molecular weight is 570 g/mol. The third kappa shape index (κ3) is 6.48. The largest absolute Gasteiger partial charge is 0.435 e. The van der Waals surface area contributed by atoms with Gasteiger partial charge in [0.25, 0.3) is 11.5 Å². The molecule has 0 spiro atoms. The quantitative estimate of drug-likeness (QED) is 0.439. The maximum Gasteiger partial charge on any atom is 0.435 e. The Morgan fingerprint density at radius 1 is 1.08 bits per heavy atom. The molecule has 0 bridgehead atoms. The summed E-state index contributed by atoms with van der Waals surface area (Å²) in [6.07, 6.45) is -10.2. The maximum absolute atomic E-state index is 14.2. The standard InChI is InChI=1S/C23H19Cl2F6N3O3/c1-11-5-13(3-4-17(11)20(36)33-12(2)19(35)32-10-22(26,27)28)18-9-21(37-34-18,23(29,30)31)14-6-15(24)8-16(25)7-14/h3-8,12H,9-10H2,1-2H3,(H,32,35)(H,33,36)/t12-,21?/m1/s1. The number of oxime groups is 1. The van der Waals surface area contributed by atoms with Crippen LogP contribution in [0.2, 0.25) is 10.0 Å². The van der Waals surface area contributed by atoms with Crippen LogP contribution in [0.3, 0.4) is 0 Å². The average Bonchev–Trinajstić information content (AvgIpc) is 3.23. The first kappa shape index (κ1) is 28.6. The number of aryl methyl sites for hydroxylation is 1. The number of amides is 2.